The summed E-state index contributed by atoms with van der Waals surface area (Å²) in [5.74, 6) is 1.66. The van der Waals surface area contributed by atoms with E-state index in [9.17, 15) is 14.8 Å². The molecule has 5 saturated carbocycles. The first-order valence-electron chi connectivity index (χ1n) is 14.0. The van der Waals surface area contributed by atoms with Crippen LogP contribution < -0.4 is 0 Å². The lowest BCUT2D eigenvalue weighted by Gasteiger charge is -2.72. The topological polar surface area (TPSA) is 66.7 Å². The number of fused-ring (bicyclic) bond motifs is 7. The highest BCUT2D eigenvalue weighted by Crippen LogP contribution is 2.77. The molecular weight excluding hydrogens is 422 g/mol. The van der Waals surface area contributed by atoms with Crippen molar-refractivity contribution in [1.82, 2.24) is 0 Å². The average molecular weight is 470 g/mol. The van der Waals surface area contributed by atoms with Gasteiger partial charge in [-0.15, -0.1) is 0 Å². The van der Waals surface area contributed by atoms with E-state index in [2.05, 4.69) is 53.3 Å². The van der Waals surface area contributed by atoms with Gasteiger partial charge in [-0.1, -0.05) is 51.9 Å². The summed E-state index contributed by atoms with van der Waals surface area (Å²) >= 11 is 0. The first-order chi connectivity index (χ1) is 15.8. The summed E-state index contributed by atoms with van der Waals surface area (Å²) in [5.41, 5.74) is 1.21. The van der Waals surface area contributed by atoms with Crippen LogP contribution in [0.2, 0.25) is 0 Å². The molecule has 5 rings (SSSR count). The number of aliphatic carboxylic acids is 1. The maximum atomic E-state index is 12.8. The Morgan fingerprint density at radius 3 is 2.18 bits per heavy atom. The number of nitrogens with zero attached hydrogens (tertiary/aromatic N) is 1. The summed E-state index contributed by atoms with van der Waals surface area (Å²) in [6.45, 7) is 18.8. The number of carbonyl (C=O) groups is 1. The summed E-state index contributed by atoms with van der Waals surface area (Å²) in [5, 5.41) is 14.1. The SMILES string of the molecule is C=C(C)[C@@H]1CCC2(C(=O)O)CC[C@]3(C)C(CCC4C3(C)CCC3C(C)(C)C(N=O)CC[C@@]34C)C12. The van der Waals surface area contributed by atoms with E-state index in [1.165, 1.54) is 24.8 Å². The molecule has 0 spiro atoms. The summed E-state index contributed by atoms with van der Waals surface area (Å²) in [6.07, 6.45) is 10.4. The Labute approximate surface area is 206 Å². The minimum Gasteiger partial charge on any atom is -0.481 e. The molecule has 0 heterocycles. The molecule has 10 atom stereocenters. The highest BCUT2D eigenvalue weighted by Gasteiger charge is 2.72. The molecule has 1 N–H and O–H groups in total. The number of carboxylic acids is 1. The molecule has 4 heteroatoms. The average Bonchev–Trinajstić information content (AvgIpc) is 3.15. The zero-order chi connectivity index (χ0) is 24.9. The Hall–Kier alpha value is -1.19. The van der Waals surface area contributed by atoms with Gasteiger partial charge in [0, 0.05) is 0 Å². The molecule has 0 saturated heterocycles. The molecule has 4 nitrogen and oxygen atoms in total. The molecule has 5 fully saturated rings. The second kappa shape index (κ2) is 7.42. The Kier molecular flexibility index (Phi) is 5.34. The minimum absolute atomic E-state index is 0.0463. The molecule has 34 heavy (non-hydrogen) atoms. The fourth-order valence-electron chi connectivity index (χ4n) is 11.7. The van der Waals surface area contributed by atoms with Crippen molar-refractivity contribution in [3.63, 3.8) is 0 Å². The van der Waals surface area contributed by atoms with Crippen molar-refractivity contribution in [2.75, 3.05) is 0 Å². The van der Waals surface area contributed by atoms with Gasteiger partial charge in [-0.05, 0) is 122 Å². The smallest absolute Gasteiger partial charge is 0.309 e. The fraction of sp³-hybridized carbons (Fsp3) is 0.900. The molecular formula is C30H47NO3. The van der Waals surface area contributed by atoms with Crippen LogP contribution in [0.15, 0.2) is 17.3 Å². The Bertz CT molecular complexity index is 911. The van der Waals surface area contributed by atoms with E-state index in [1.54, 1.807) is 0 Å². The van der Waals surface area contributed by atoms with Gasteiger partial charge in [-0.25, -0.2) is 0 Å². The van der Waals surface area contributed by atoms with Crippen LogP contribution in [0.1, 0.15) is 106 Å². The van der Waals surface area contributed by atoms with Crippen molar-refractivity contribution >= 4 is 5.97 Å². The molecule has 5 aliphatic rings. The van der Waals surface area contributed by atoms with Gasteiger partial charge < -0.3 is 5.11 Å². The molecule has 5 aliphatic carbocycles. The largest absolute Gasteiger partial charge is 0.481 e. The van der Waals surface area contributed by atoms with E-state index in [1.807, 2.05) is 0 Å². The van der Waals surface area contributed by atoms with Crippen molar-refractivity contribution in [3.8, 4) is 0 Å². The molecule has 0 aliphatic heterocycles. The summed E-state index contributed by atoms with van der Waals surface area (Å²) in [4.78, 5) is 24.5. The van der Waals surface area contributed by atoms with Crippen LogP contribution in [0.4, 0.5) is 0 Å². The molecule has 0 aromatic rings. The standard InChI is InChI=1S/C30H47NO3/c1-18(2)19-10-15-30(25(32)33)17-16-28(6)20(24(19)30)8-9-22-27(5)13-12-23(31-34)26(3,4)21(27)11-14-29(22,28)7/h19-24H,1,8-17H2,2-7H3,(H,32,33)/t19-,20?,21?,22?,23?,24?,27-,28+,29?,30?/m0/s1. The van der Waals surface area contributed by atoms with E-state index in [0.717, 1.165) is 44.9 Å². The van der Waals surface area contributed by atoms with Crippen LogP contribution >= 0.6 is 0 Å². The third-order valence-corrected chi connectivity index (χ3v) is 13.6. The summed E-state index contributed by atoms with van der Waals surface area (Å²) in [7, 11) is 0. The van der Waals surface area contributed by atoms with Gasteiger partial charge in [-0.2, -0.15) is 4.91 Å². The first kappa shape index (κ1) is 24.5. The number of nitroso groups, excluding NO2 is 1. The van der Waals surface area contributed by atoms with Crippen molar-refractivity contribution in [2.24, 2.45) is 61.8 Å². The van der Waals surface area contributed by atoms with Crippen LogP contribution in [-0.4, -0.2) is 17.1 Å². The van der Waals surface area contributed by atoms with Gasteiger partial charge in [0.15, 0.2) is 0 Å². The Morgan fingerprint density at radius 1 is 0.853 bits per heavy atom. The monoisotopic (exact) mass is 469 g/mol. The maximum absolute atomic E-state index is 12.8. The van der Waals surface area contributed by atoms with Crippen molar-refractivity contribution in [1.29, 1.82) is 0 Å². The van der Waals surface area contributed by atoms with Crippen molar-refractivity contribution in [3.05, 3.63) is 17.1 Å². The highest BCUT2D eigenvalue weighted by molar-refractivity contribution is 5.76. The second-order valence-corrected chi connectivity index (χ2v) is 14.6. The molecule has 0 bridgehead atoms. The quantitative estimate of drug-likeness (QED) is 0.338. The first-order valence-corrected chi connectivity index (χ1v) is 14.0. The molecule has 0 aromatic carbocycles. The van der Waals surface area contributed by atoms with E-state index >= 15 is 0 Å². The number of rotatable bonds is 3. The summed E-state index contributed by atoms with van der Waals surface area (Å²) < 4.78 is 0. The van der Waals surface area contributed by atoms with Crippen molar-refractivity contribution < 1.29 is 9.90 Å². The van der Waals surface area contributed by atoms with Gasteiger partial charge in [-0.3, -0.25) is 4.79 Å². The van der Waals surface area contributed by atoms with Crippen LogP contribution in [0.3, 0.4) is 0 Å². The maximum Gasteiger partial charge on any atom is 0.309 e. The Balaban J connectivity index is 1.56. The lowest BCUT2D eigenvalue weighted by atomic mass is 9.32. The van der Waals surface area contributed by atoms with Gasteiger partial charge in [0.05, 0.1) is 11.5 Å². The molecule has 7 unspecified atom stereocenters. The highest BCUT2D eigenvalue weighted by atomic mass is 16.4. The number of allylic oxidation sites excluding steroid dienone is 1. The molecule has 0 amide bonds. The zero-order valence-corrected chi connectivity index (χ0v) is 22.5. The second-order valence-electron chi connectivity index (χ2n) is 14.6. The van der Waals surface area contributed by atoms with E-state index in [4.69, 9.17) is 0 Å². The third-order valence-electron chi connectivity index (χ3n) is 13.6. The zero-order valence-electron chi connectivity index (χ0n) is 22.5. The van der Waals surface area contributed by atoms with Crippen molar-refractivity contribution in [2.45, 2.75) is 112 Å². The number of carboxylic acid groups (broad SMARTS) is 1. The molecule has 0 radical (unpaired) electrons. The fourth-order valence-corrected chi connectivity index (χ4v) is 11.7. The van der Waals surface area contributed by atoms with Gasteiger partial charge >= 0.3 is 5.97 Å². The van der Waals surface area contributed by atoms with Crippen LogP contribution in [-0.2, 0) is 4.79 Å². The number of hydrogen-bond acceptors (Lipinski definition) is 3. The lowest BCUT2D eigenvalue weighted by molar-refractivity contribution is -0.239. The van der Waals surface area contributed by atoms with E-state index in [-0.39, 0.29) is 33.6 Å². The minimum atomic E-state index is -0.548. The van der Waals surface area contributed by atoms with Crippen LogP contribution in [0, 0.1) is 61.6 Å². The predicted octanol–water partition coefficient (Wildman–Crippen LogP) is 7.86. The normalized spacial score (nSPS) is 53.6. The van der Waals surface area contributed by atoms with Gasteiger partial charge in [0.25, 0.3) is 0 Å². The molecule has 190 valence electrons. The van der Waals surface area contributed by atoms with E-state index < -0.39 is 11.4 Å². The Morgan fingerprint density at radius 2 is 1.56 bits per heavy atom. The third kappa shape index (κ3) is 2.75. The van der Waals surface area contributed by atoms with Gasteiger partial charge in [0.1, 0.15) is 0 Å². The lowest BCUT2D eigenvalue weighted by Crippen LogP contribution is -2.67. The number of hydrogen-bond donors (Lipinski definition) is 1. The van der Waals surface area contributed by atoms with Gasteiger partial charge in [0.2, 0.25) is 0 Å². The predicted molar refractivity (Wildman–Crippen MR) is 136 cm³/mol. The van der Waals surface area contributed by atoms with Crippen LogP contribution in [0.5, 0.6) is 0 Å². The summed E-state index contributed by atoms with van der Waals surface area (Å²) in [6, 6.07) is -0.0671. The molecule has 0 aromatic heterocycles. The van der Waals surface area contributed by atoms with E-state index in [0.29, 0.717) is 23.7 Å². The van der Waals surface area contributed by atoms with Crippen LogP contribution in [0.25, 0.3) is 0 Å².